The zero-order valence-corrected chi connectivity index (χ0v) is 10.5. The van der Waals surface area contributed by atoms with Crippen molar-refractivity contribution in [3.05, 3.63) is 0 Å². The highest BCUT2D eigenvalue weighted by atomic mass is 16.6. The zero-order valence-electron chi connectivity index (χ0n) is 10.5. The molecule has 1 amide bonds. The summed E-state index contributed by atoms with van der Waals surface area (Å²) in [5.74, 6) is -0.200. The first-order chi connectivity index (χ1) is 8.34. The Morgan fingerprint density at radius 1 is 1.17 bits per heavy atom. The third kappa shape index (κ3) is 3.63. The van der Waals surface area contributed by atoms with Gasteiger partial charge in [-0.3, -0.25) is 4.79 Å². The molecule has 7 nitrogen and oxygen atoms in total. The predicted molar refractivity (Wildman–Crippen MR) is 61.4 cm³/mol. The van der Waals surface area contributed by atoms with Crippen molar-refractivity contribution in [1.29, 1.82) is 0 Å². The number of aliphatic hydroxyl groups is 4. The van der Waals surface area contributed by atoms with Gasteiger partial charge in [0.15, 0.2) is 12.4 Å². The number of aliphatic hydroxyl groups excluding tert-OH is 4. The Balaban J connectivity index is 2.51. The normalized spacial score (nSPS) is 36.7. The van der Waals surface area contributed by atoms with Crippen molar-refractivity contribution in [3.63, 3.8) is 0 Å². The number of hydrogen-bond acceptors (Lipinski definition) is 6. The largest absolute Gasteiger partial charge is 0.387 e. The molecule has 5 atom stereocenters. The minimum absolute atomic E-state index is 0.415. The molecule has 0 spiro atoms. The first kappa shape index (κ1) is 15.3. The van der Waals surface area contributed by atoms with E-state index in [-0.39, 0.29) is 0 Å². The summed E-state index contributed by atoms with van der Waals surface area (Å²) in [5, 5.41) is 40.1. The molecule has 0 aromatic rings. The van der Waals surface area contributed by atoms with Gasteiger partial charge in [-0.2, -0.15) is 0 Å². The summed E-state index contributed by atoms with van der Waals surface area (Å²) in [4.78, 5) is 11.7. The van der Waals surface area contributed by atoms with Crippen molar-refractivity contribution in [2.24, 2.45) is 5.92 Å². The van der Waals surface area contributed by atoms with Crippen LogP contribution >= 0.6 is 0 Å². The number of rotatable bonds is 4. The maximum Gasteiger partial charge on any atom is 0.252 e. The van der Waals surface area contributed by atoms with Crippen LogP contribution in [0.1, 0.15) is 20.3 Å². The standard InChI is InChI=1S/C11H21NO6/c1-5(2)3-4-12-10(16)9-7(14)6(13)8(15)11(17)18-9/h5-9,11,13-15,17H,3-4H2,1-2H3,(H,12,16)/t6?,7-,8?,9?,11-/m1/s1. The number of carbonyl (C=O) groups is 1. The Morgan fingerprint density at radius 2 is 1.78 bits per heavy atom. The Bertz CT molecular complexity index is 285. The van der Waals surface area contributed by atoms with E-state index in [2.05, 4.69) is 5.32 Å². The second kappa shape index (κ2) is 6.44. The highest BCUT2D eigenvalue weighted by molar-refractivity contribution is 5.81. The molecule has 3 unspecified atom stereocenters. The summed E-state index contributed by atoms with van der Waals surface area (Å²) in [6.07, 6.45) is -7.12. The quantitative estimate of drug-likeness (QED) is 0.398. The van der Waals surface area contributed by atoms with Crippen LogP contribution in [0.15, 0.2) is 0 Å². The number of nitrogens with one attached hydrogen (secondary N) is 1. The van der Waals surface area contributed by atoms with Gasteiger partial charge in [0.2, 0.25) is 0 Å². The minimum atomic E-state index is -1.69. The molecule has 106 valence electrons. The highest BCUT2D eigenvalue weighted by Gasteiger charge is 2.45. The van der Waals surface area contributed by atoms with Crippen LogP contribution in [-0.4, -0.2) is 63.6 Å². The maximum atomic E-state index is 11.7. The average Bonchev–Trinajstić information content (AvgIpc) is 2.30. The third-order valence-corrected chi connectivity index (χ3v) is 2.87. The van der Waals surface area contributed by atoms with Gasteiger partial charge in [0.05, 0.1) is 0 Å². The Morgan fingerprint density at radius 3 is 2.33 bits per heavy atom. The fraction of sp³-hybridized carbons (Fsp3) is 0.909. The summed E-state index contributed by atoms with van der Waals surface area (Å²) in [6.45, 7) is 4.42. The molecule has 1 aliphatic heterocycles. The Kier molecular flexibility index (Phi) is 5.48. The molecule has 1 heterocycles. The number of carbonyl (C=O) groups excluding carboxylic acids is 1. The fourth-order valence-electron chi connectivity index (χ4n) is 1.66. The van der Waals surface area contributed by atoms with Gasteiger partial charge in [0.25, 0.3) is 5.91 Å². The van der Waals surface area contributed by atoms with Crippen LogP contribution in [0.5, 0.6) is 0 Å². The van der Waals surface area contributed by atoms with Crippen molar-refractivity contribution in [3.8, 4) is 0 Å². The molecule has 0 radical (unpaired) electrons. The second-order valence-electron chi connectivity index (χ2n) is 4.89. The van der Waals surface area contributed by atoms with Gasteiger partial charge < -0.3 is 30.5 Å². The topological polar surface area (TPSA) is 119 Å². The number of hydrogen-bond donors (Lipinski definition) is 5. The van der Waals surface area contributed by atoms with Gasteiger partial charge in [0, 0.05) is 6.54 Å². The second-order valence-corrected chi connectivity index (χ2v) is 4.89. The van der Waals surface area contributed by atoms with Gasteiger partial charge >= 0.3 is 0 Å². The molecular weight excluding hydrogens is 242 g/mol. The SMILES string of the molecule is CC(C)CCNC(=O)C1O[C@@H](O)C(O)C(O)[C@H]1O. The molecule has 0 aromatic heterocycles. The van der Waals surface area contributed by atoms with Crippen molar-refractivity contribution in [1.82, 2.24) is 5.32 Å². The van der Waals surface area contributed by atoms with Crippen LogP contribution in [0.25, 0.3) is 0 Å². The maximum absolute atomic E-state index is 11.7. The van der Waals surface area contributed by atoms with E-state index in [1.165, 1.54) is 0 Å². The Hall–Kier alpha value is -0.730. The third-order valence-electron chi connectivity index (χ3n) is 2.87. The Labute approximate surface area is 105 Å². The van der Waals surface area contributed by atoms with E-state index in [0.29, 0.717) is 12.5 Å². The van der Waals surface area contributed by atoms with Gasteiger partial charge in [-0.1, -0.05) is 13.8 Å². The van der Waals surface area contributed by atoms with Crippen LogP contribution in [0.4, 0.5) is 0 Å². The molecule has 0 aromatic carbocycles. The van der Waals surface area contributed by atoms with E-state index < -0.39 is 36.6 Å². The molecule has 5 N–H and O–H groups in total. The molecule has 0 bridgehead atoms. The first-order valence-electron chi connectivity index (χ1n) is 6.00. The lowest BCUT2D eigenvalue weighted by molar-refractivity contribution is -0.275. The lowest BCUT2D eigenvalue weighted by Crippen LogP contribution is -2.61. The van der Waals surface area contributed by atoms with Crippen LogP contribution in [-0.2, 0) is 9.53 Å². The highest BCUT2D eigenvalue weighted by Crippen LogP contribution is 2.19. The lowest BCUT2D eigenvalue weighted by Gasteiger charge is -2.37. The van der Waals surface area contributed by atoms with E-state index in [1.807, 2.05) is 13.8 Å². The van der Waals surface area contributed by atoms with Gasteiger partial charge in [-0.05, 0) is 12.3 Å². The van der Waals surface area contributed by atoms with E-state index in [0.717, 1.165) is 6.42 Å². The summed E-state index contributed by atoms with van der Waals surface area (Å²) in [6, 6.07) is 0. The van der Waals surface area contributed by atoms with E-state index in [9.17, 15) is 25.2 Å². The van der Waals surface area contributed by atoms with Crippen LogP contribution in [0.3, 0.4) is 0 Å². The van der Waals surface area contributed by atoms with Gasteiger partial charge in [-0.25, -0.2) is 0 Å². The monoisotopic (exact) mass is 263 g/mol. The smallest absolute Gasteiger partial charge is 0.252 e. The molecule has 0 aliphatic carbocycles. The van der Waals surface area contributed by atoms with Gasteiger partial charge in [-0.15, -0.1) is 0 Å². The molecule has 18 heavy (non-hydrogen) atoms. The number of amides is 1. The van der Waals surface area contributed by atoms with Crippen molar-refractivity contribution in [2.45, 2.75) is 51.0 Å². The molecule has 0 saturated carbocycles. The minimum Gasteiger partial charge on any atom is -0.387 e. The summed E-state index contributed by atoms with van der Waals surface area (Å²) in [7, 11) is 0. The zero-order chi connectivity index (χ0) is 13.9. The molecule has 1 aliphatic rings. The van der Waals surface area contributed by atoms with Crippen LogP contribution in [0, 0.1) is 5.92 Å². The summed E-state index contributed by atoms with van der Waals surface area (Å²) >= 11 is 0. The molecule has 1 saturated heterocycles. The number of ether oxygens (including phenoxy) is 1. The van der Waals surface area contributed by atoms with Gasteiger partial charge in [0.1, 0.15) is 18.3 Å². The van der Waals surface area contributed by atoms with Crippen molar-refractivity contribution in [2.75, 3.05) is 6.54 Å². The molecular formula is C11H21NO6. The first-order valence-corrected chi connectivity index (χ1v) is 6.00. The van der Waals surface area contributed by atoms with E-state index in [1.54, 1.807) is 0 Å². The lowest BCUT2D eigenvalue weighted by atomic mass is 9.98. The van der Waals surface area contributed by atoms with E-state index >= 15 is 0 Å². The molecule has 1 rings (SSSR count). The summed E-state index contributed by atoms with van der Waals surface area (Å²) < 4.78 is 4.78. The predicted octanol–water partition coefficient (Wildman–Crippen LogP) is -2.05. The van der Waals surface area contributed by atoms with Crippen molar-refractivity contribution >= 4 is 5.91 Å². The van der Waals surface area contributed by atoms with E-state index in [4.69, 9.17) is 4.74 Å². The summed E-state index contributed by atoms with van der Waals surface area (Å²) in [5.41, 5.74) is 0. The average molecular weight is 263 g/mol. The fourth-order valence-corrected chi connectivity index (χ4v) is 1.66. The molecule has 1 fully saturated rings. The van der Waals surface area contributed by atoms with Crippen molar-refractivity contribution < 1.29 is 30.0 Å². The molecule has 7 heteroatoms. The van der Waals surface area contributed by atoms with Crippen LogP contribution in [0.2, 0.25) is 0 Å². The van der Waals surface area contributed by atoms with Crippen LogP contribution < -0.4 is 5.32 Å².